The number of carbonyl (C=O) groups excluding carboxylic acids is 2. The lowest BCUT2D eigenvalue weighted by molar-refractivity contribution is -0.129. The van der Waals surface area contributed by atoms with E-state index in [9.17, 15) is 9.59 Å². The summed E-state index contributed by atoms with van der Waals surface area (Å²) in [6.07, 6.45) is 3.82. The minimum Gasteiger partial charge on any atom is -0.346 e. The van der Waals surface area contributed by atoms with Gasteiger partial charge in [0.25, 0.3) is 5.91 Å². The van der Waals surface area contributed by atoms with E-state index in [-0.39, 0.29) is 23.7 Å². The summed E-state index contributed by atoms with van der Waals surface area (Å²) in [7, 11) is 0. The molecule has 2 N–H and O–H groups in total. The molecule has 0 aromatic carbocycles. The highest BCUT2D eigenvalue weighted by molar-refractivity contribution is 5.90. The van der Waals surface area contributed by atoms with E-state index in [0.29, 0.717) is 19.0 Å². The lowest BCUT2D eigenvalue weighted by Gasteiger charge is -2.31. The molecule has 0 bridgehead atoms. The van der Waals surface area contributed by atoms with Crippen LogP contribution in [0.5, 0.6) is 0 Å². The van der Waals surface area contributed by atoms with E-state index < -0.39 is 0 Å². The molecule has 108 valence electrons. The highest BCUT2D eigenvalue weighted by Crippen LogP contribution is 2.37. The third kappa shape index (κ3) is 2.81. The summed E-state index contributed by atoms with van der Waals surface area (Å²) in [5.41, 5.74) is 0. The number of hydrogen-bond donors (Lipinski definition) is 2. The van der Waals surface area contributed by atoms with E-state index in [4.69, 9.17) is 0 Å². The fourth-order valence-corrected chi connectivity index (χ4v) is 2.50. The van der Waals surface area contributed by atoms with Crippen LogP contribution in [0.15, 0.2) is 0 Å². The fraction of sp³-hybridized carbons (Fsp3) is 0.692. The van der Waals surface area contributed by atoms with E-state index in [2.05, 4.69) is 20.5 Å². The smallest absolute Gasteiger partial charge is 0.291 e. The quantitative estimate of drug-likeness (QED) is 0.838. The Kier molecular flexibility index (Phi) is 3.42. The zero-order valence-corrected chi connectivity index (χ0v) is 11.6. The summed E-state index contributed by atoms with van der Waals surface area (Å²) in [6, 6.07) is 0.0981. The van der Waals surface area contributed by atoms with Crippen LogP contribution in [0.25, 0.3) is 0 Å². The molecular weight excluding hydrogens is 258 g/mol. The molecule has 1 aromatic heterocycles. The van der Waals surface area contributed by atoms with Crippen LogP contribution < -0.4 is 5.32 Å². The van der Waals surface area contributed by atoms with Gasteiger partial charge in [-0.3, -0.25) is 14.7 Å². The zero-order valence-electron chi connectivity index (χ0n) is 11.6. The van der Waals surface area contributed by atoms with Crippen molar-refractivity contribution in [2.24, 2.45) is 0 Å². The summed E-state index contributed by atoms with van der Waals surface area (Å²) in [5, 5.41) is 9.75. The molecule has 0 unspecified atom stereocenters. The van der Waals surface area contributed by atoms with Gasteiger partial charge in [-0.25, -0.2) is 4.98 Å². The van der Waals surface area contributed by atoms with E-state index in [1.165, 1.54) is 0 Å². The number of carbonyl (C=O) groups is 2. The lowest BCUT2D eigenvalue weighted by atomic mass is 10.1. The van der Waals surface area contributed by atoms with Crippen LogP contribution in [0.3, 0.4) is 0 Å². The van der Waals surface area contributed by atoms with Gasteiger partial charge >= 0.3 is 0 Å². The minimum absolute atomic E-state index is 0.0952. The van der Waals surface area contributed by atoms with Gasteiger partial charge in [-0.05, 0) is 25.7 Å². The first-order valence-electron chi connectivity index (χ1n) is 7.12. The number of hydrogen-bond acceptors (Lipinski definition) is 4. The maximum absolute atomic E-state index is 12.0. The average molecular weight is 277 g/mol. The highest BCUT2D eigenvalue weighted by Gasteiger charge is 2.29. The van der Waals surface area contributed by atoms with Gasteiger partial charge in [-0.2, -0.15) is 0 Å². The summed E-state index contributed by atoms with van der Waals surface area (Å²) < 4.78 is 0. The highest BCUT2D eigenvalue weighted by atomic mass is 16.2. The maximum Gasteiger partial charge on any atom is 0.291 e. The molecule has 3 rings (SSSR count). The topological polar surface area (TPSA) is 91.0 Å². The molecule has 1 aromatic rings. The van der Waals surface area contributed by atoms with Crippen molar-refractivity contribution >= 4 is 11.8 Å². The number of aromatic nitrogens is 3. The first-order chi connectivity index (χ1) is 9.63. The van der Waals surface area contributed by atoms with Crippen molar-refractivity contribution in [2.75, 3.05) is 13.1 Å². The van der Waals surface area contributed by atoms with Crippen molar-refractivity contribution in [1.29, 1.82) is 0 Å². The Morgan fingerprint density at radius 2 is 1.95 bits per heavy atom. The van der Waals surface area contributed by atoms with Crippen molar-refractivity contribution in [2.45, 2.75) is 44.6 Å². The van der Waals surface area contributed by atoms with E-state index >= 15 is 0 Å². The fourth-order valence-electron chi connectivity index (χ4n) is 2.50. The van der Waals surface area contributed by atoms with E-state index in [1.807, 2.05) is 0 Å². The van der Waals surface area contributed by atoms with Gasteiger partial charge in [0.1, 0.15) is 5.82 Å². The van der Waals surface area contributed by atoms with Crippen molar-refractivity contribution in [3.8, 4) is 0 Å². The number of H-pyrrole nitrogens is 1. The molecule has 0 spiro atoms. The number of aromatic amines is 1. The van der Waals surface area contributed by atoms with Crippen LogP contribution in [-0.2, 0) is 4.79 Å². The Hall–Kier alpha value is -1.92. The molecule has 0 atom stereocenters. The summed E-state index contributed by atoms with van der Waals surface area (Å²) in [5.74, 6) is 1.37. The van der Waals surface area contributed by atoms with Crippen molar-refractivity contribution < 1.29 is 9.59 Å². The zero-order chi connectivity index (χ0) is 14.1. The SMILES string of the molecule is CC(=O)N1CCC(NC(=O)c2n[nH]c(C3CC3)n2)CC1. The molecule has 2 amide bonds. The second kappa shape index (κ2) is 5.22. The molecule has 1 saturated carbocycles. The Labute approximate surface area is 117 Å². The molecule has 7 heteroatoms. The van der Waals surface area contributed by atoms with Crippen molar-refractivity contribution in [1.82, 2.24) is 25.4 Å². The largest absolute Gasteiger partial charge is 0.346 e. The van der Waals surface area contributed by atoms with Gasteiger partial charge in [0, 0.05) is 32.0 Å². The normalized spacial score (nSPS) is 19.9. The second-order valence-corrected chi connectivity index (χ2v) is 5.57. The van der Waals surface area contributed by atoms with Gasteiger partial charge < -0.3 is 10.2 Å². The van der Waals surface area contributed by atoms with Gasteiger partial charge in [-0.1, -0.05) is 0 Å². The number of amides is 2. The molecule has 1 saturated heterocycles. The van der Waals surface area contributed by atoms with Gasteiger partial charge in [0.15, 0.2) is 0 Å². The molecular formula is C13H19N5O2. The Morgan fingerprint density at radius 3 is 2.55 bits per heavy atom. The van der Waals surface area contributed by atoms with Crippen molar-refractivity contribution in [3.05, 3.63) is 11.6 Å². The van der Waals surface area contributed by atoms with Crippen LogP contribution in [0.4, 0.5) is 0 Å². The Morgan fingerprint density at radius 1 is 1.25 bits per heavy atom. The maximum atomic E-state index is 12.0. The number of nitrogens with one attached hydrogen (secondary N) is 2. The van der Waals surface area contributed by atoms with Crippen LogP contribution in [0.1, 0.15) is 55.0 Å². The summed E-state index contributed by atoms with van der Waals surface area (Å²) >= 11 is 0. The monoisotopic (exact) mass is 277 g/mol. The molecule has 2 heterocycles. The number of piperidine rings is 1. The second-order valence-electron chi connectivity index (χ2n) is 5.57. The molecule has 1 aliphatic carbocycles. The van der Waals surface area contributed by atoms with Crippen LogP contribution in [0, 0.1) is 0 Å². The van der Waals surface area contributed by atoms with Crippen molar-refractivity contribution in [3.63, 3.8) is 0 Å². The van der Waals surface area contributed by atoms with Gasteiger partial charge in [0.05, 0.1) is 0 Å². The third-order valence-electron chi connectivity index (χ3n) is 3.95. The van der Waals surface area contributed by atoms with Gasteiger partial charge in [0.2, 0.25) is 11.7 Å². The van der Waals surface area contributed by atoms with Crippen LogP contribution >= 0.6 is 0 Å². The predicted molar refractivity (Wildman–Crippen MR) is 71.1 cm³/mol. The van der Waals surface area contributed by atoms with Crippen LogP contribution in [-0.4, -0.2) is 51.0 Å². The molecule has 0 radical (unpaired) electrons. The molecule has 2 aliphatic rings. The van der Waals surface area contributed by atoms with E-state index in [1.54, 1.807) is 11.8 Å². The third-order valence-corrected chi connectivity index (χ3v) is 3.95. The standard InChI is InChI=1S/C13H19N5O2/c1-8(19)18-6-4-10(5-7-18)14-13(20)12-15-11(16-17-12)9-2-3-9/h9-10H,2-7H2,1H3,(H,14,20)(H,15,16,17). The first kappa shape index (κ1) is 13.1. The molecule has 7 nitrogen and oxygen atoms in total. The van der Waals surface area contributed by atoms with Crippen LogP contribution in [0.2, 0.25) is 0 Å². The summed E-state index contributed by atoms with van der Waals surface area (Å²) in [6.45, 7) is 2.97. The van der Waals surface area contributed by atoms with E-state index in [0.717, 1.165) is 31.5 Å². The number of nitrogens with zero attached hydrogens (tertiary/aromatic N) is 3. The Balaban J connectivity index is 1.52. The summed E-state index contributed by atoms with van der Waals surface area (Å²) in [4.78, 5) is 29.3. The molecule has 1 aliphatic heterocycles. The predicted octanol–water partition coefficient (Wildman–Crippen LogP) is 0.423. The number of likely N-dealkylation sites (tertiary alicyclic amines) is 1. The lowest BCUT2D eigenvalue weighted by Crippen LogP contribution is -2.46. The first-order valence-corrected chi connectivity index (χ1v) is 7.12. The Bertz CT molecular complexity index is 515. The number of rotatable bonds is 3. The molecule has 2 fully saturated rings. The average Bonchev–Trinajstić information content (AvgIpc) is 3.17. The molecule has 20 heavy (non-hydrogen) atoms. The van der Waals surface area contributed by atoms with Gasteiger partial charge in [-0.15, -0.1) is 5.10 Å². The minimum atomic E-state index is -0.227.